The van der Waals surface area contributed by atoms with Crippen molar-refractivity contribution >= 4 is 41.2 Å². The van der Waals surface area contributed by atoms with E-state index in [0.29, 0.717) is 17.9 Å². The first-order valence-corrected chi connectivity index (χ1v) is 13.7. The number of fused-ring (bicyclic) bond motifs is 1. The largest absolute Gasteiger partial charge is 0.404 e. The zero-order valence-corrected chi connectivity index (χ0v) is 22.2. The summed E-state index contributed by atoms with van der Waals surface area (Å²) in [6, 6.07) is 16.2. The van der Waals surface area contributed by atoms with Crippen molar-refractivity contribution in [3.63, 3.8) is 0 Å². The predicted octanol–water partition coefficient (Wildman–Crippen LogP) is 3.39. The second kappa shape index (κ2) is 11.6. The molecule has 0 spiro atoms. The van der Waals surface area contributed by atoms with Crippen LogP contribution in [0.4, 0.5) is 11.4 Å². The normalized spacial score (nSPS) is 16.6. The summed E-state index contributed by atoms with van der Waals surface area (Å²) in [6.07, 6.45) is 5.73. The molecule has 4 rings (SSSR count). The molecule has 36 heavy (non-hydrogen) atoms. The first kappa shape index (κ1) is 25.8. The van der Waals surface area contributed by atoms with Gasteiger partial charge in [-0.05, 0) is 60.3 Å². The zero-order chi connectivity index (χ0) is 25.7. The van der Waals surface area contributed by atoms with Crippen LogP contribution in [0.1, 0.15) is 15.9 Å². The minimum absolute atomic E-state index is 0.0384. The van der Waals surface area contributed by atoms with Gasteiger partial charge >= 0.3 is 0 Å². The first-order chi connectivity index (χ1) is 17.4. The number of anilines is 2. The summed E-state index contributed by atoms with van der Waals surface area (Å²) < 4.78 is 4.34. The molecule has 0 bridgehead atoms. The van der Waals surface area contributed by atoms with Crippen molar-refractivity contribution in [2.24, 2.45) is 11.5 Å². The van der Waals surface area contributed by atoms with E-state index >= 15 is 0 Å². The Kier molecular flexibility index (Phi) is 8.36. The minimum Gasteiger partial charge on any atom is -0.404 e. The van der Waals surface area contributed by atoms with Gasteiger partial charge in [0.2, 0.25) is 0 Å². The molecule has 2 aliphatic heterocycles. The Bertz CT molecular complexity index is 1220. The number of carbonyl (C=O) groups is 1. The fourth-order valence-electron chi connectivity index (χ4n) is 4.37. The summed E-state index contributed by atoms with van der Waals surface area (Å²) in [5.74, 6) is 0.599. The molecule has 2 aromatic rings. The number of rotatable bonds is 7. The summed E-state index contributed by atoms with van der Waals surface area (Å²) in [7, 11) is 1.98. The van der Waals surface area contributed by atoms with Gasteiger partial charge in [-0.15, -0.1) is 0 Å². The standard InChI is InChI=1S/C26H31N7OS2/c1-30(35-2)24-6-4-3-5-22(24)26(34)33-10-9-20-16-21(7-8-23(20)33)36-32-13-11-31(12-14-32)25(29)15-19(17-27)18-28/h3-8,15-17H,9-14,27,29H2,1-2H3/b19-17+,25-15+. The molecule has 1 fully saturated rings. The number of nitrogens with zero attached hydrogens (tertiary/aromatic N) is 5. The van der Waals surface area contributed by atoms with E-state index in [-0.39, 0.29) is 5.91 Å². The van der Waals surface area contributed by atoms with Gasteiger partial charge in [0.1, 0.15) is 11.9 Å². The van der Waals surface area contributed by atoms with Crippen molar-refractivity contribution in [1.29, 1.82) is 5.26 Å². The van der Waals surface area contributed by atoms with Crippen LogP contribution in [0.15, 0.2) is 71.0 Å². The summed E-state index contributed by atoms with van der Waals surface area (Å²) in [4.78, 5) is 18.6. The van der Waals surface area contributed by atoms with Crippen molar-refractivity contribution in [2.75, 3.05) is 55.2 Å². The molecule has 0 radical (unpaired) electrons. The number of hydrogen-bond donors (Lipinski definition) is 2. The highest BCUT2D eigenvalue weighted by molar-refractivity contribution is 7.99. The fraction of sp³-hybridized carbons (Fsp3) is 0.308. The van der Waals surface area contributed by atoms with Gasteiger partial charge < -0.3 is 25.6 Å². The number of para-hydroxylation sites is 1. The van der Waals surface area contributed by atoms with E-state index in [2.05, 4.69) is 27.4 Å². The Hall–Kier alpha value is -3.26. The minimum atomic E-state index is 0.0384. The molecule has 1 saturated heterocycles. The van der Waals surface area contributed by atoms with E-state index in [9.17, 15) is 4.79 Å². The Morgan fingerprint density at radius 2 is 1.89 bits per heavy atom. The van der Waals surface area contributed by atoms with Gasteiger partial charge in [-0.2, -0.15) is 5.26 Å². The third kappa shape index (κ3) is 5.59. The highest BCUT2D eigenvalue weighted by Gasteiger charge is 2.28. The number of nitrogens with two attached hydrogens (primary N) is 2. The smallest absolute Gasteiger partial charge is 0.260 e. The molecule has 1 amide bonds. The van der Waals surface area contributed by atoms with Crippen molar-refractivity contribution in [1.82, 2.24) is 9.21 Å². The SMILES string of the molecule is CSN(C)c1ccccc1C(=O)N1CCc2cc(SN3CCN(/C(N)=C/C(C#N)=C\N)CC3)ccc21. The Morgan fingerprint density at radius 3 is 2.58 bits per heavy atom. The second-order valence-electron chi connectivity index (χ2n) is 8.50. The Morgan fingerprint density at radius 1 is 1.14 bits per heavy atom. The van der Waals surface area contributed by atoms with Crippen molar-refractivity contribution in [2.45, 2.75) is 11.3 Å². The maximum absolute atomic E-state index is 13.5. The number of nitriles is 1. The van der Waals surface area contributed by atoms with Crippen molar-refractivity contribution < 1.29 is 4.79 Å². The number of hydrogen-bond acceptors (Lipinski definition) is 9. The predicted molar refractivity (Wildman–Crippen MR) is 149 cm³/mol. The van der Waals surface area contributed by atoms with Gasteiger partial charge in [-0.3, -0.25) is 4.79 Å². The van der Waals surface area contributed by atoms with Crippen LogP contribution in [-0.4, -0.2) is 61.1 Å². The molecule has 8 nitrogen and oxygen atoms in total. The van der Waals surface area contributed by atoms with Crippen LogP contribution in [0.2, 0.25) is 0 Å². The molecule has 0 aromatic heterocycles. The average molecular weight is 522 g/mol. The van der Waals surface area contributed by atoms with E-state index in [1.54, 1.807) is 30.0 Å². The van der Waals surface area contributed by atoms with Gasteiger partial charge in [0.25, 0.3) is 5.91 Å². The van der Waals surface area contributed by atoms with Gasteiger partial charge in [-0.25, -0.2) is 4.31 Å². The van der Waals surface area contributed by atoms with Gasteiger partial charge in [0, 0.05) is 62.8 Å². The highest BCUT2D eigenvalue weighted by atomic mass is 32.2. The quantitative estimate of drug-likeness (QED) is 0.322. The van der Waals surface area contributed by atoms with Crippen molar-refractivity contribution in [3.05, 3.63) is 77.3 Å². The van der Waals surface area contributed by atoms with E-state index in [4.69, 9.17) is 16.7 Å². The van der Waals surface area contributed by atoms with Crippen molar-refractivity contribution in [3.8, 4) is 6.07 Å². The third-order valence-corrected chi connectivity index (χ3v) is 8.22. The lowest BCUT2D eigenvalue weighted by atomic mass is 10.1. The summed E-state index contributed by atoms with van der Waals surface area (Å²) in [5, 5.41) is 9.04. The second-order valence-corrected chi connectivity index (χ2v) is 10.6. The van der Waals surface area contributed by atoms with Gasteiger partial charge in [0.15, 0.2) is 0 Å². The van der Waals surface area contributed by atoms with Crippen LogP contribution in [-0.2, 0) is 6.42 Å². The third-order valence-electron chi connectivity index (χ3n) is 6.39. The van der Waals surface area contributed by atoms with Crippen LogP contribution < -0.4 is 20.7 Å². The van der Waals surface area contributed by atoms with Crippen LogP contribution in [0.5, 0.6) is 0 Å². The van der Waals surface area contributed by atoms with Crippen LogP contribution >= 0.6 is 23.9 Å². The van der Waals surface area contributed by atoms with E-state index in [1.165, 1.54) is 16.7 Å². The zero-order valence-electron chi connectivity index (χ0n) is 20.6. The number of piperazine rings is 1. The summed E-state index contributed by atoms with van der Waals surface area (Å²) >= 11 is 3.32. The molecule has 10 heteroatoms. The summed E-state index contributed by atoms with van der Waals surface area (Å²) in [5.41, 5.74) is 15.8. The highest BCUT2D eigenvalue weighted by Crippen LogP contribution is 2.35. The average Bonchev–Trinajstić information content (AvgIpc) is 3.34. The number of carbonyl (C=O) groups excluding carboxylic acids is 1. The molecule has 4 N–H and O–H groups in total. The lowest BCUT2D eigenvalue weighted by Gasteiger charge is -2.35. The molecule has 0 atom stereocenters. The lowest BCUT2D eigenvalue weighted by molar-refractivity contribution is 0.0990. The van der Waals surface area contributed by atoms with E-state index in [0.717, 1.165) is 49.5 Å². The number of allylic oxidation sites excluding steroid dienone is 2. The molecular weight excluding hydrogens is 490 g/mol. The maximum atomic E-state index is 13.5. The lowest BCUT2D eigenvalue weighted by Crippen LogP contribution is -2.44. The van der Waals surface area contributed by atoms with Crippen LogP contribution in [0, 0.1) is 11.3 Å². The molecule has 0 saturated carbocycles. The van der Waals surface area contributed by atoms with E-state index < -0.39 is 0 Å². The summed E-state index contributed by atoms with van der Waals surface area (Å²) in [6.45, 7) is 3.92. The Labute approximate surface area is 221 Å². The molecule has 188 valence electrons. The molecule has 2 heterocycles. The molecule has 2 aliphatic rings. The van der Waals surface area contributed by atoms with Crippen LogP contribution in [0.3, 0.4) is 0 Å². The first-order valence-electron chi connectivity index (χ1n) is 11.7. The van der Waals surface area contributed by atoms with E-state index in [1.807, 2.05) is 52.8 Å². The number of benzene rings is 2. The maximum Gasteiger partial charge on any atom is 0.260 e. The molecule has 0 unspecified atom stereocenters. The molecule has 2 aromatic carbocycles. The van der Waals surface area contributed by atoms with Gasteiger partial charge in [0.05, 0.1) is 16.8 Å². The topological polar surface area (TPSA) is 106 Å². The fourth-order valence-corrected chi connectivity index (χ4v) is 5.70. The number of amides is 1. The Balaban J connectivity index is 1.40. The molecule has 0 aliphatic carbocycles. The van der Waals surface area contributed by atoms with Crippen LogP contribution in [0.25, 0.3) is 0 Å². The molecular formula is C26H31N7OS2. The monoisotopic (exact) mass is 521 g/mol. The van der Waals surface area contributed by atoms with Gasteiger partial charge in [-0.1, -0.05) is 24.1 Å².